The molecule has 1 aliphatic heterocycles. The summed E-state index contributed by atoms with van der Waals surface area (Å²) >= 11 is 0. The summed E-state index contributed by atoms with van der Waals surface area (Å²) in [6.45, 7) is 7.34. The third kappa shape index (κ3) is 6.54. The molecule has 0 atom stereocenters. The van der Waals surface area contributed by atoms with Crippen molar-refractivity contribution in [3.8, 4) is 6.07 Å². The number of hydrogen-bond acceptors (Lipinski definition) is 6. The lowest BCUT2D eigenvalue weighted by Crippen LogP contribution is -2.47. The molecule has 1 aromatic carbocycles. The van der Waals surface area contributed by atoms with E-state index in [2.05, 4.69) is 5.32 Å². The molecule has 8 nitrogen and oxygen atoms in total. The molecule has 1 amide bonds. The first-order valence-corrected chi connectivity index (χ1v) is 11.4. The number of piperidine rings is 1. The third-order valence-corrected chi connectivity index (χ3v) is 6.65. The largest absolute Gasteiger partial charge is 0.444 e. The number of ketones is 1. The lowest BCUT2D eigenvalue weighted by Gasteiger charge is -2.32. The van der Waals surface area contributed by atoms with Crippen molar-refractivity contribution in [3.05, 3.63) is 29.3 Å². The normalized spacial score (nSPS) is 16.0. The van der Waals surface area contributed by atoms with Crippen LogP contribution in [0, 0.1) is 11.3 Å². The van der Waals surface area contributed by atoms with E-state index in [1.165, 1.54) is 29.4 Å². The molecule has 1 saturated heterocycles. The first-order chi connectivity index (χ1) is 13.9. The first-order valence-electron chi connectivity index (χ1n) is 9.94. The van der Waals surface area contributed by atoms with Gasteiger partial charge in [0.05, 0.1) is 16.5 Å². The molecule has 2 rings (SSSR count). The van der Waals surface area contributed by atoms with E-state index in [-0.39, 0.29) is 36.2 Å². The molecule has 0 spiro atoms. The van der Waals surface area contributed by atoms with Gasteiger partial charge in [0.15, 0.2) is 0 Å². The molecule has 9 heteroatoms. The number of aryl methyl sites for hydroxylation is 1. The Bertz CT molecular complexity index is 936. The van der Waals surface area contributed by atoms with Crippen molar-refractivity contribution in [3.63, 3.8) is 0 Å². The number of amides is 1. The van der Waals surface area contributed by atoms with E-state index in [4.69, 9.17) is 4.74 Å². The van der Waals surface area contributed by atoms with Crippen molar-refractivity contribution in [1.82, 2.24) is 9.62 Å². The van der Waals surface area contributed by atoms with Crippen LogP contribution in [0.4, 0.5) is 4.79 Å². The SMILES string of the molecule is CC(=O)CCc1cc(S(=O)(=O)N2CCC(NC(=O)OC(C)(C)C)CC2)ccc1C#N. The lowest BCUT2D eigenvalue weighted by atomic mass is 10.0. The topological polar surface area (TPSA) is 117 Å². The van der Waals surface area contributed by atoms with Crippen molar-refractivity contribution >= 4 is 21.9 Å². The van der Waals surface area contributed by atoms with Gasteiger partial charge in [-0.2, -0.15) is 9.57 Å². The monoisotopic (exact) mass is 435 g/mol. The Balaban J connectivity index is 2.06. The molecular formula is C21H29N3O5S. The summed E-state index contributed by atoms with van der Waals surface area (Å²) in [4.78, 5) is 23.3. The number of benzene rings is 1. The number of hydrogen-bond donors (Lipinski definition) is 1. The molecule has 0 aliphatic carbocycles. The standard InChI is InChI=1S/C21H29N3O5S/c1-15(25)5-6-16-13-19(8-7-17(16)14-22)30(27,28)24-11-9-18(10-12-24)23-20(26)29-21(2,3)4/h7-8,13,18H,5-6,9-12H2,1-4H3,(H,23,26). The molecule has 1 N–H and O–H groups in total. The number of nitrogens with zero attached hydrogens (tertiary/aromatic N) is 2. The highest BCUT2D eigenvalue weighted by molar-refractivity contribution is 7.89. The smallest absolute Gasteiger partial charge is 0.407 e. The Kier molecular flexibility index (Phi) is 7.61. The minimum absolute atomic E-state index is 0.0216. The highest BCUT2D eigenvalue weighted by Crippen LogP contribution is 2.24. The molecule has 0 bridgehead atoms. The maximum atomic E-state index is 13.1. The summed E-state index contributed by atoms with van der Waals surface area (Å²) in [5, 5.41) is 12.0. The van der Waals surface area contributed by atoms with Crippen LogP contribution in [0.15, 0.2) is 23.1 Å². The fourth-order valence-electron chi connectivity index (χ4n) is 3.22. The summed E-state index contributed by atoms with van der Waals surface area (Å²) in [6, 6.07) is 6.29. The zero-order valence-electron chi connectivity index (χ0n) is 17.9. The fourth-order valence-corrected chi connectivity index (χ4v) is 4.74. The number of alkyl carbamates (subject to hydrolysis) is 1. The molecule has 1 aromatic rings. The molecule has 30 heavy (non-hydrogen) atoms. The average Bonchev–Trinajstić information content (AvgIpc) is 2.64. The van der Waals surface area contributed by atoms with E-state index in [1.807, 2.05) is 6.07 Å². The van der Waals surface area contributed by atoms with E-state index >= 15 is 0 Å². The Morgan fingerprint density at radius 2 is 1.90 bits per heavy atom. The van der Waals surface area contributed by atoms with E-state index in [9.17, 15) is 23.3 Å². The predicted octanol–water partition coefficient (Wildman–Crippen LogP) is 2.76. The minimum atomic E-state index is -3.73. The molecule has 164 valence electrons. The van der Waals surface area contributed by atoms with Gasteiger partial charge in [0.25, 0.3) is 0 Å². The average molecular weight is 436 g/mol. The van der Waals surface area contributed by atoms with Crippen molar-refractivity contribution < 1.29 is 22.7 Å². The first kappa shape index (κ1) is 23.8. The Labute approximate surface area is 178 Å². The number of sulfonamides is 1. The summed E-state index contributed by atoms with van der Waals surface area (Å²) in [6.07, 6.45) is 1.02. The number of ether oxygens (including phenoxy) is 1. The second kappa shape index (κ2) is 9.58. The molecule has 0 saturated carbocycles. The zero-order valence-corrected chi connectivity index (χ0v) is 18.7. The molecular weight excluding hydrogens is 406 g/mol. The fraction of sp³-hybridized carbons (Fsp3) is 0.571. The van der Waals surface area contributed by atoms with Gasteiger partial charge in [-0.1, -0.05) is 0 Å². The number of Topliss-reactive ketones (excluding diaryl/α,β-unsaturated/α-hetero) is 1. The second-order valence-corrected chi connectivity index (χ2v) is 10.4. The molecule has 0 radical (unpaired) electrons. The quantitative estimate of drug-likeness (QED) is 0.734. The summed E-state index contributed by atoms with van der Waals surface area (Å²) in [5.41, 5.74) is 0.329. The molecule has 0 unspecified atom stereocenters. The van der Waals surface area contributed by atoms with Crippen molar-refractivity contribution in [2.75, 3.05) is 13.1 Å². The number of carbonyl (C=O) groups excluding carboxylic acids is 2. The van der Waals surface area contributed by atoms with Gasteiger partial charge in [-0.25, -0.2) is 13.2 Å². The summed E-state index contributed by atoms with van der Waals surface area (Å²) in [5.74, 6) is -0.0216. The zero-order chi connectivity index (χ0) is 22.5. The van der Waals surface area contributed by atoms with Gasteiger partial charge >= 0.3 is 6.09 Å². The van der Waals surface area contributed by atoms with Crippen LogP contribution in [-0.2, 0) is 26.0 Å². The van der Waals surface area contributed by atoms with E-state index < -0.39 is 21.7 Å². The van der Waals surface area contributed by atoms with Crippen LogP contribution in [0.3, 0.4) is 0 Å². The Hall–Kier alpha value is -2.44. The van der Waals surface area contributed by atoms with Gasteiger partial charge in [0.1, 0.15) is 11.4 Å². The van der Waals surface area contributed by atoms with Gasteiger partial charge in [-0.15, -0.1) is 0 Å². The molecule has 1 heterocycles. The van der Waals surface area contributed by atoms with E-state index in [0.29, 0.717) is 30.4 Å². The van der Waals surface area contributed by atoms with Crippen LogP contribution in [0.5, 0.6) is 0 Å². The molecule has 0 aromatic heterocycles. The summed E-state index contributed by atoms with van der Waals surface area (Å²) in [7, 11) is -3.73. The van der Waals surface area contributed by atoms with Gasteiger partial charge in [0.2, 0.25) is 10.0 Å². The van der Waals surface area contributed by atoms with Gasteiger partial charge in [-0.3, -0.25) is 0 Å². The second-order valence-electron chi connectivity index (χ2n) is 8.46. The molecule has 1 fully saturated rings. The number of rotatable bonds is 6. The van der Waals surface area contributed by atoms with Crippen molar-refractivity contribution in [2.45, 2.75) is 69.9 Å². The van der Waals surface area contributed by atoms with Gasteiger partial charge in [-0.05, 0) is 70.7 Å². The lowest BCUT2D eigenvalue weighted by molar-refractivity contribution is -0.116. The summed E-state index contributed by atoms with van der Waals surface area (Å²) < 4.78 is 32.7. The number of carbonyl (C=O) groups is 2. The van der Waals surface area contributed by atoms with Crippen molar-refractivity contribution in [1.29, 1.82) is 5.26 Å². The Morgan fingerprint density at radius 3 is 2.43 bits per heavy atom. The van der Waals surface area contributed by atoms with Crippen LogP contribution in [-0.4, -0.2) is 49.3 Å². The van der Waals surface area contributed by atoms with Gasteiger partial charge < -0.3 is 14.8 Å². The van der Waals surface area contributed by atoms with Crippen LogP contribution in [0.2, 0.25) is 0 Å². The van der Waals surface area contributed by atoms with Crippen LogP contribution < -0.4 is 5.32 Å². The maximum absolute atomic E-state index is 13.1. The molecule has 1 aliphatic rings. The van der Waals surface area contributed by atoms with E-state index in [0.717, 1.165) is 0 Å². The van der Waals surface area contributed by atoms with Crippen LogP contribution >= 0.6 is 0 Å². The van der Waals surface area contributed by atoms with Crippen molar-refractivity contribution in [2.24, 2.45) is 0 Å². The highest BCUT2D eigenvalue weighted by Gasteiger charge is 2.31. The predicted molar refractivity (Wildman–Crippen MR) is 111 cm³/mol. The Morgan fingerprint density at radius 1 is 1.27 bits per heavy atom. The highest BCUT2D eigenvalue weighted by atomic mass is 32.2. The van der Waals surface area contributed by atoms with Crippen LogP contribution in [0.25, 0.3) is 0 Å². The number of nitriles is 1. The van der Waals surface area contributed by atoms with Crippen LogP contribution in [0.1, 0.15) is 58.1 Å². The van der Waals surface area contributed by atoms with E-state index in [1.54, 1.807) is 20.8 Å². The minimum Gasteiger partial charge on any atom is -0.444 e. The van der Waals surface area contributed by atoms with Gasteiger partial charge in [0, 0.05) is 25.6 Å². The third-order valence-electron chi connectivity index (χ3n) is 4.76. The number of nitrogens with one attached hydrogen (secondary N) is 1. The maximum Gasteiger partial charge on any atom is 0.407 e.